The number of hydrogen-bond acceptors (Lipinski definition) is 2. The molecule has 0 aliphatic rings. The van der Waals surface area contributed by atoms with Crippen molar-refractivity contribution in [3.63, 3.8) is 0 Å². The van der Waals surface area contributed by atoms with Crippen LogP contribution in [0.15, 0.2) is 237 Å². The smallest absolute Gasteiger partial charge is 0.160 e. The minimum atomic E-state index is 0.685. The fourth-order valence-electron chi connectivity index (χ4n) is 8.58. The van der Waals surface area contributed by atoms with E-state index in [9.17, 15) is 0 Å². The third kappa shape index (κ3) is 6.88. The zero-order valence-corrected chi connectivity index (χ0v) is 33.4. The van der Waals surface area contributed by atoms with Crippen LogP contribution >= 0.6 is 0 Å². The standard InChI is InChI=1S/C58H39N3/c1-4-16-40(17-5-1)42-32-34-43(35-33-42)45-21-14-26-50(38-45)55-57-56(53-30-10-11-31-54(53)61(57)52-28-8-3-9-29-52)60-58(59-55)51-27-15-25-49(39-51)48-24-13-23-47(37-48)46-22-12-20-44(36-46)41-18-6-2-7-19-41/h1-39H. The van der Waals surface area contributed by atoms with E-state index in [1.54, 1.807) is 0 Å². The first kappa shape index (κ1) is 36.0. The fourth-order valence-corrected chi connectivity index (χ4v) is 8.58. The van der Waals surface area contributed by atoms with E-state index >= 15 is 0 Å². The van der Waals surface area contributed by atoms with E-state index in [1.165, 1.54) is 33.4 Å². The molecule has 9 aromatic carbocycles. The van der Waals surface area contributed by atoms with Crippen LogP contribution in [0.3, 0.4) is 0 Å². The van der Waals surface area contributed by atoms with Gasteiger partial charge in [-0.2, -0.15) is 0 Å². The van der Waals surface area contributed by atoms with Crippen LogP contribution < -0.4 is 0 Å². The largest absolute Gasteiger partial charge is 0.306 e. The molecule has 0 spiro atoms. The van der Waals surface area contributed by atoms with Gasteiger partial charge in [0.25, 0.3) is 0 Å². The second-order valence-electron chi connectivity index (χ2n) is 15.4. The molecule has 0 aliphatic carbocycles. The maximum absolute atomic E-state index is 5.52. The van der Waals surface area contributed by atoms with Gasteiger partial charge >= 0.3 is 0 Å². The molecule has 286 valence electrons. The maximum atomic E-state index is 5.52. The summed E-state index contributed by atoms with van der Waals surface area (Å²) in [5.74, 6) is 0.685. The molecular weight excluding hydrogens is 739 g/mol. The first-order chi connectivity index (χ1) is 30.2. The summed E-state index contributed by atoms with van der Waals surface area (Å²) in [6, 6.07) is 84.0. The number of benzene rings is 9. The van der Waals surface area contributed by atoms with Crippen LogP contribution in [0.1, 0.15) is 0 Å². The average molecular weight is 778 g/mol. The molecule has 3 nitrogen and oxygen atoms in total. The fraction of sp³-hybridized carbons (Fsp3) is 0. The third-order valence-corrected chi connectivity index (χ3v) is 11.6. The lowest BCUT2D eigenvalue weighted by Crippen LogP contribution is -2.00. The van der Waals surface area contributed by atoms with E-state index in [0.717, 1.165) is 66.7 Å². The van der Waals surface area contributed by atoms with Gasteiger partial charge in [-0.1, -0.05) is 194 Å². The van der Waals surface area contributed by atoms with Gasteiger partial charge in [-0.05, 0) is 98.1 Å². The van der Waals surface area contributed by atoms with E-state index in [0.29, 0.717) is 5.82 Å². The van der Waals surface area contributed by atoms with Gasteiger partial charge in [0.05, 0.1) is 16.7 Å². The number of aromatic nitrogens is 3. The topological polar surface area (TPSA) is 30.7 Å². The lowest BCUT2D eigenvalue weighted by atomic mass is 9.95. The Kier molecular flexibility index (Phi) is 9.18. The van der Waals surface area contributed by atoms with E-state index in [1.807, 2.05) is 0 Å². The van der Waals surface area contributed by atoms with Crippen molar-refractivity contribution < 1.29 is 0 Å². The van der Waals surface area contributed by atoms with Gasteiger partial charge in [0, 0.05) is 22.2 Å². The van der Waals surface area contributed by atoms with Crippen molar-refractivity contribution in [1.82, 2.24) is 14.5 Å². The molecule has 0 atom stereocenters. The minimum absolute atomic E-state index is 0.685. The van der Waals surface area contributed by atoms with Crippen LogP contribution in [0.4, 0.5) is 0 Å². The van der Waals surface area contributed by atoms with Crippen molar-refractivity contribution in [2.75, 3.05) is 0 Å². The minimum Gasteiger partial charge on any atom is -0.306 e. The SMILES string of the molecule is c1ccc(-c2ccc(-c3cccc(-c4nc(-c5cccc(-c6cccc(-c7cccc(-c8ccccc8)c7)c6)c5)nc5c6ccccc6n(-c6ccccc6)c45)c3)cc2)cc1. The van der Waals surface area contributed by atoms with Crippen molar-refractivity contribution in [3.05, 3.63) is 237 Å². The molecule has 0 radical (unpaired) electrons. The van der Waals surface area contributed by atoms with Gasteiger partial charge in [0.15, 0.2) is 5.82 Å². The Morgan fingerprint density at radius 2 is 0.656 bits per heavy atom. The highest BCUT2D eigenvalue weighted by molar-refractivity contribution is 6.11. The van der Waals surface area contributed by atoms with E-state index < -0.39 is 0 Å². The van der Waals surface area contributed by atoms with Crippen molar-refractivity contribution in [2.24, 2.45) is 0 Å². The summed E-state index contributed by atoms with van der Waals surface area (Å²) in [4.78, 5) is 10.9. The molecule has 3 heteroatoms. The second-order valence-corrected chi connectivity index (χ2v) is 15.4. The highest BCUT2D eigenvalue weighted by Gasteiger charge is 2.21. The maximum Gasteiger partial charge on any atom is 0.160 e. The zero-order valence-electron chi connectivity index (χ0n) is 33.4. The number of hydrogen-bond donors (Lipinski definition) is 0. The first-order valence-electron chi connectivity index (χ1n) is 20.7. The molecule has 0 amide bonds. The Morgan fingerprint density at radius 3 is 1.23 bits per heavy atom. The van der Waals surface area contributed by atoms with Crippen LogP contribution in [-0.4, -0.2) is 14.5 Å². The number of fused-ring (bicyclic) bond motifs is 3. The molecule has 11 rings (SSSR count). The first-order valence-corrected chi connectivity index (χ1v) is 20.7. The zero-order chi connectivity index (χ0) is 40.5. The molecule has 0 unspecified atom stereocenters. The average Bonchev–Trinajstić information content (AvgIpc) is 3.69. The molecule has 61 heavy (non-hydrogen) atoms. The summed E-state index contributed by atoms with van der Waals surface area (Å²) in [5.41, 5.74) is 18.6. The van der Waals surface area contributed by atoms with E-state index in [4.69, 9.17) is 9.97 Å². The molecule has 0 bridgehead atoms. The predicted molar refractivity (Wildman–Crippen MR) is 254 cm³/mol. The van der Waals surface area contributed by atoms with Crippen LogP contribution in [-0.2, 0) is 0 Å². The number of para-hydroxylation sites is 2. The van der Waals surface area contributed by atoms with Crippen LogP contribution in [0.25, 0.3) is 106 Å². The monoisotopic (exact) mass is 777 g/mol. The van der Waals surface area contributed by atoms with Crippen molar-refractivity contribution in [3.8, 4) is 84.0 Å². The normalized spacial score (nSPS) is 11.3. The summed E-state index contributed by atoms with van der Waals surface area (Å²) < 4.78 is 2.32. The Balaban J connectivity index is 1.05. The molecule has 0 fully saturated rings. The Labute approximate surface area is 355 Å². The molecule has 0 saturated heterocycles. The third-order valence-electron chi connectivity index (χ3n) is 11.6. The van der Waals surface area contributed by atoms with Gasteiger partial charge in [-0.15, -0.1) is 0 Å². The van der Waals surface area contributed by atoms with Gasteiger partial charge < -0.3 is 4.57 Å². The molecule has 0 saturated carbocycles. The Hall–Kier alpha value is -8.14. The molecular formula is C58H39N3. The summed E-state index contributed by atoms with van der Waals surface area (Å²) in [6.07, 6.45) is 0. The van der Waals surface area contributed by atoms with E-state index in [-0.39, 0.29) is 0 Å². The lowest BCUT2D eigenvalue weighted by Gasteiger charge is -2.14. The van der Waals surface area contributed by atoms with Gasteiger partial charge in [-0.3, -0.25) is 0 Å². The van der Waals surface area contributed by atoms with Gasteiger partial charge in [0.2, 0.25) is 0 Å². The quantitative estimate of drug-likeness (QED) is 0.154. The molecule has 0 N–H and O–H groups in total. The van der Waals surface area contributed by atoms with Crippen molar-refractivity contribution >= 4 is 21.9 Å². The Bertz CT molecular complexity index is 3330. The van der Waals surface area contributed by atoms with E-state index in [2.05, 4.69) is 241 Å². The molecule has 2 aromatic heterocycles. The van der Waals surface area contributed by atoms with Crippen LogP contribution in [0.2, 0.25) is 0 Å². The molecule has 11 aromatic rings. The highest BCUT2D eigenvalue weighted by Crippen LogP contribution is 2.40. The summed E-state index contributed by atoms with van der Waals surface area (Å²) in [6.45, 7) is 0. The molecule has 0 aliphatic heterocycles. The summed E-state index contributed by atoms with van der Waals surface area (Å²) >= 11 is 0. The summed E-state index contributed by atoms with van der Waals surface area (Å²) in [7, 11) is 0. The van der Waals surface area contributed by atoms with Gasteiger partial charge in [-0.25, -0.2) is 9.97 Å². The number of nitrogens with zero attached hydrogens (tertiary/aromatic N) is 3. The van der Waals surface area contributed by atoms with Crippen molar-refractivity contribution in [2.45, 2.75) is 0 Å². The number of rotatable bonds is 8. The van der Waals surface area contributed by atoms with Crippen LogP contribution in [0.5, 0.6) is 0 Å². The second kappa shape index (κ2) is 15.6. The van der Waals surface area contributed by atoms with Crippen molar-refractivity contribution in [1.29, 1.82) is 0 Å². The highest BCUT2D eigenvalue weighted by atomic mass is 15.0. The predicted octanol–water partition coefficient (Wildman–Crippen LogP) is 15.2. The summed E-state index contributed by atoms with van der Waals surface area (Å²) in [5, 5.41) is 1.08. The van der Waals surface area contributed by atoms with Crippen LogP contribution in [0, 0.1) is 0 Å². The Morgan fingerprint density at radius 1 is 0.279 bits per heavy atom. The van der Waals surface area contributed by atoms with Gasteiger partial charge in [0.1, 0.15) is 5.52 Å². The molecule has 2 heterocycles. The lowest BCUT2D eigenvalue weighted by molar-refractivity contribution is 1.15.